The lowest BCUT2D eigenvalue weighted by Gasteiger charge is -1.99. The molecule has 3 nitrogen and oxygen atoms in total. The standard InChI is InChI=1S/C11H14BrN3S/c1-3-4-7-10(14-15(2)11(7)13)8-5-6-9(12)16-8/h5-6H,3-4,13H2,1-2H3. The van der Waals surface area contributed by atoms with Crippen LogP contribution in [0.5, 0.6) is 0 Å². The first-order chi connectivity index (χ1) is 7.63. The van der Waals surface area contributed by atoms with Crippen LogP contribution in [0.1, 0.15) is 18.9 Å². The molecule has 0 unspecified atom stereocenters. The topological polar surface area (TPSA) is 43.8 Å². The molecule has 0 aliphatic rings. The number of aryl methyl sites for hydroxylation is 1. The van der Waals surface area contributed by atoms with Crippen LogP contribution in [0.3, 0.4) is 0 Å². The van der Waals surface area contributed by atoms with Gasteiger partial charge in [-0.25, -0.2) is 0 Å². The number of anilines is 1. The second-order valence-corrected chi connectivity index (χ2v) is 6.15. The maximum atomic E-state index is 6.03. The highest BCUT2D eigenvalue weighted by Gasteiger charge is 2.15. The molecular formula is C11H14BrN3S. The Bertz CT molecular complexity index is 501. The minimum atomic E-state index is 0.779. The second-order valence-electron chi connectivity index (χ2n) is 3.69. The minimum Gasteiger partial charge on any atom is -0.384 e. The summed E-state index contributed by atoms with van der Waals surface area (Å²) in [6.45, 7) is 2.15. The van der Waals surface area contributed by atoms with Crippen molar-refractivity contribution in [2.24, 2.45) is 7.05 Å². The molecule has 2 aromatic rings. The fourth-order valence-corrected chi connectivity index (χ4v) is 3.12. The molecule has 86 valence electrons. The number of hydrogen-bond acceptors (Lipinski definition) is 3. The molecule has 2 aromatic heterocycles. The quantitative estimate of drug-likeness (QED) is 0.943. The molecule has 0 aliphatic carbocycles. The zero-order chi connectivity index (χ0) is 11.7. The molecule has 0 amide bonds. The van der Waals surface area contributed by atoms with E-state index >= 15 is 0 Å². The van der Waals surface area contributed by atoms with Crippen LogP contribution in [0.15, 0.2) is 15.9 Å². The number of nitrogens with zero attached hydrogens (tertiary/aromatic N) is 2. The number of nitrogens with two attached hydrogens (primary N) is 1. The fourth-order valence-electron chi connectivity index (χ4n) is 1.72. The Hall–Kier alpha value is -0.810. The average Bonchev–Trinajstić information content (AvgIpc) is 2.78. The lowest BCUT2D eigenvalue weighted by molar-refractivity contribution is 0.781. The number of halogens is 1. The number of thiophene rings is 1. The van der Waals surface area contributed by atoms with Crippen LogP contribution in [-0.4, -0.2) is 9.78 Å². The SMILES string of the molecule is CCCc1c(-c2ccc(Br)s2)nn(C)c1N. The van der Waals surface area contributed by atoms with Crippen molar-refractivity contribution in [3.63, 3.8) is 0 Å². The highest BCUT2D eigenvalue weighted by Crippen LogP contribution is 2.34. The van der Waals surface area contributed by atoms with Crippen molar-refractivity contribution in [3.05, 3.63) is 21.5 Å². The van der Waals surface area contributed by atoms with Crippen LogP contribution in [0.2, 0.25) is 0 Å². The molecule has 0 bridgehead atoms. The molecule has 0 atom stereocenters. The van der Waals surface area contributed by atoms with Crippen molar-refractivity contribution in [2.45, 2.75) is 19.8 Å². The van der Waals surface area contributed by atoms with E-state index in [0.29, 0.717) is 0 Å². The van der Waals surface area contributed by atoms with E-state index in [9.17, 15) is 0 Å². The van der Waals surface area contributed by atoms with E-state index < -0.39 is 0 Å². The molecule has 0 spiro atoms. The highest BCUT2D eigenvalue weighted by molar-refractivity contribution is 9.11. The van der Waals surface area contributed by atoms with Crippen molar-refractivity contribution in [1.29, 1.82) is 0 Å². The monoisotopic (exact) mass is 299 g/mol. The number of nitrogen functional groups attached to an aromatic ring is 1. The van der Waals surface area contributed by atoms with Crippen LogP contribution in [0, 0.1) is 0 Å². The molecule has 2 rings (SSSR count). The predicted octanol–water partition coefficient (Wildman–Crippen LogP) is 3.45. The summed E-state index contributed by atoms with van der Waals surface area (Å²) in [6, 6.07) is 4.12. The van der Waals surface area contributed by atoms with Gasteiger partial charge in [-0.15, -0.1) is 11.3 Å². The molecule has 0 saturated carbocycles. The first-order valence-corrected chi connectivity index (χ1v) is 6.81. The Morgan fingerprint density at radius 3 is 2.81 bits per heavy atom. The molecule has 16 heavy (non-hydrogen) atoms. The summed E-state index contributed by atoms with van der Waals surface area (Å²) in [5.74, 6) is 0.779. The zero-order valence-corrected chi connectivity index (χ0v) is 11.7. The van der Waals surface area contributed by atoms with E-state index in [1.165, 1.54) is 10.4 Å². The van der Waals surface area contributed by atoms with Gasteiger partial charge in [0.25, 0.3) is 0 Å². The normalized spacial score (nSPS) is 10.9. The smallest absolute Gasteiger partial charge is 0.125 e. The van der Waals surface area contributed by atoms with Crippen molar-refractivity contribution in [2.75, 3.05) is 5.73 Å². The van der Waals surface area contributed by atoms with E-state index in [-0.39, 0.29) is 0 Å². The van der Waals surface area contributed by atoms with Crippen molar-refractivity contribution >= 4 is 33.1 Å². The first-order valence-electron chi connectivity index (χ1n) is 5.20. The molecular weight excluding hydrogens is 286 g/mol. The van der Waals surface area contributed by atoms with Gasteiger partial charge in [-0.05, 0) is 34.5 Å². The zero-order valence-electron chi connectivity index (χ0n) is 9.33. The van der Waals surface area contributed by atoms with E-state index in [2.05, 4.69) is 34.0 Å². The molecule has 2 heterocycles. The summed E-state index contributed by atoms with van der Waals surface area (Å²) < 4.78 is 2.88. The summed E-state index contributed by atoms with van der Waals surface area (Å²) >= 11 is 5.16. The lowest BCUT2D eigenvalue weighted by atomic mass is 10.1. The van der Waals surface area contributed by atoms with Crippen LogP contribution in [-0.2, 0) is 13.5 Å². The van der Waals surface area contributed by atoms with Gasteiger partial charge < -0.3 is 5.73 Å². The predicted molar refractivity (Wildman–Crippen MR) is 72.6 cm³/mol. The highest BCUT2D eigenvalue weighted by atomic mass is 79.9. The third kappa shape index (κ3) is 2.01. The third-order valence-electron chi connectivity index (χ3n) is 2.50. The Morgan fingerprint density at radius 1 is 1.50 bits per heavy atom. The number of rotatable bonds is 3. The van der Waals surface area contributed by atoms with Gasteiger partial charge in [-0.2, -0.15) is 5.10 Å². The van der Waals surface area contributed by atoms with E-state index in [4.69, 9.17) is 5.73 Å². The van der Waals surface area contributed by atoms with E-state index in [1.54, 1.807) is 16.0 Å². The summed E-state index contributed by atoms with van der Waals surface area (Å²) in [4.78, 5) is 1.17. The third-order valence-corrected chi connectivity index (χ3v) is 4.13. The van der Waals surface area contributed by atoms with E-state index in [0.717, 1.165) is 28.1 Å². The summed E-state index contributed by atoms with van der Waals surface area (Å²) in [7, 11) is 1.89. The molecule has 0 fully saturated rings. The number of aromatic nitrogens is 2. The van der Waals surface area contributed by atoms with Gasteiger partial charge in [0.1, 0.15) is 11.5 Å². The van der Waals surface area contributed by atoms with Gasteiger partial charge in [-0.1, -0.05) is 13.3 Å². The maximum absolute atomic E-state index is 6.03. The molecule has 0 radical (unpaired) electrons. The Morgan fingerprint density at radius 2 is 2.25 bits per heavy atom. The summed E-state index contributed by atoms with van der Waals surface area (Å²) in [5, 5.41) is 4.49. The maximum Gasteiger partial charge on any atom is 0.125 e. The van der Waals surface area contributed by atoms with Gasteiger partial charge in [0, 0.05) is 12.6 Å². The average molecular weight is 300 g/mol. The van der Waals surface area contributed by atoms with Crippen LogP contribution >= 0.6 is 27.3 Å². The molecule has 5 heteroatoms. The van der Waals surface area contributed by atoms with Crippen molar-refractivity contribution < 1.29 is 0 Å². The Kier molecular flexibility index (Phi) is 3.35. The lowest BCUT2D eigenvalue weighted by Crippen LogP contribution is -1.99. The van der Waals surface area contributed by atoms with Gasteiger partial charge in [0.15, 0.2) is 0 Å². The summed E-state index contributed by atoms with van der Waals surface area (Å²) in [5.41, 5.74) is 8.22. The van der Waals surface area contributed by atoms with Gasteiger partial charge in [0.05, 0.1) is 8.66 Å². The van der Waals surface area contributed by atoms with Crippen LogP contribution in [0.25, 0.3) is 10.6 Å². The Balaban J connectivity index is 2.51. The second kappa shape index (κ2) is 4.59. The summed E-state index contributed by atoms with van der Waals surface area (Å²) in [6.07, 6.45) is 2.06. The first kappa shape index (κ1) is 11.7. The minimum absolute atomic E-state index is 0.779. The van der Waals surface area contributed by atoms with Gasteiger partial charge in [-0.3, -0.25) is 4.68 Å². The molecule has 0 aromatic carbocycles. The van der Waals surface area contributed by atoms with E-state index in [1.807, 2.05) is 13.1 Å². The fraction of sp³-hybridized carbons (Fsp3) is 0.364. The van der Waals surface area contributed by atoms with Crippen molar-refractivity contribution in [1.82, 2.24) is 9.78 Å². The molecule has 2 N–H and O–H groups in total. The number of hydrogen-bond donors (Lipinski definition) is 1. The Labute approximate surface area is 107 Å². The van der Waals surface area contributed by atoms with Crippen LogP contribution in [0.4, 0.5) is 5.82 Å². The van der Waals surface area contributed by atoms with Gasteiger partial charge >= 0.3 is 0 Å². The van der Waals surface area contributed by atoms with Crippen molar-refractivity contribution in [3.8, 4) is 10.6 Å². The molecule has 0 aliphatic heterocycles. The van der Waals surface area contributed by atoms with Crippen LogP contribution < -0.4 is 5.73 Å². The van der Waals surface area contributed by atoms with Gasteiger partial charge in [0.2, 0.25) is 0 Å². The molecule has 0 saturated heterocycles. The largest absolute Gasteiger partial charge is 0.384 e.